The molecule has 1 aliphatic carbocycles. The van der Waals surface area contributed by atoms with Crippen LogP contribution in [0.4, 0.5) is 24.9 Å². The summed E-state index contributed by atoms with van der Waals surface area (Å²) in [4.78, 5) is 25.5. The first-order valence-corrected chi connectivity index (χ1v) is 12.5. The predicted molar refractivity (Wildman–Crippen MR) is 133 cm³/mol. The van der Waals surface area contributed by atoms with Gasteiger partial charge in [-0.15, -0.1) is 0 Å². The van der Waals surface area contributed by atoms with E-state index in [0.29, 0.717) is 42.1 Å². The summed E-state index contributed by atoms with van der Waals surface area (Å²) in [5.74, 6) is -0.285. The van der Waals surface area contributed by atoms with Gasteiger partial charge in [0.1, 0.15) is 0 Å². The zero-order valence-electron chi connectivity index (χ0n) is 20.7. The molecule has 4 heterocycles. The second-order valence-electron chi connectivity index (χ2n) is 9.44. The molecule has 0 radical (unpaired) electrons. The van der Waals surface area contributed by atoms with Crippen molar-refractivity contribution in [3.63, 3.8) is 0 Å². The normalized spacial score (nSPS) is 21.4. The Bertz CT molecular complexity index is 1320. The molecule has 2 aliphatic rings. The molecule has 0 amide bonds. The number of halogens is 3. The summed E-state index contributed by atoms with van der Waals surface area (Å²) in [6, 6.07) is 1.27. The molecule has 0 aromatic carbocycles. The van der Waals surface area contributed by atoms with Gasteiger partial charge in [0.25, 0.3) is 5.56 Å². The smallest absolute Gasteiger partial charge is 0.387 e. The molecule has 38 heavy (non-hydrogen) atoms. The molecule has 1 saturated heterocycles. The van der Waals surface area contributed by atoms with Crippen molar-refractivity contribution >= 4 is 11.8 Å². The molecule has 10 nitrogen and oxygen atoms in total. The molecule has 0 spiro atoms. The molecule has 3 aromatic heterocycles. The van der Waals surface area contributed by atoms with Crippen LogP contribution in [0.5, 0.6) is 5.75 Å². The lowest BCUT2D eigenvalue weighted by Crippen LogP contribution is -2.32. The number of aryl methyl sites for hydroxylation is 1. The van der Waals surface area contributed by atoms with Crippen LogP contribution in [0.1, 0.15) is 50.3 Å². The first-order valence-electron chi connectivity index (χ1n) is 12.5. The molecule has 2 N–H and O–H groups in total. The number of rotatable bonds is 8. The van der Waals surface area contributed by atoms with E-state index in [-0.39, 0.29) is 29.2 Å². The highest BCUT2D eigenvalue weighted by molar-refractivity contribution is 5.66. The number of aromatic nitrogens is 5. The quantitative estimate of drug-likeness (QED) is 0.439. The zero-order valence-corrected chi connectivity index (χ0v) is 20.7. The number of alkyl halides is 2. The number of anilines is 2. The van der Waals surface area contributed by atoms with Gasteiger partial charge in [-0.05, 0) is 57.1 Å². The van der Waals surface area contributed by atoms with Crippen LogP contribution >= 0.6 is 0 Å². The molecule has 1 aliphatic heterocycles. The van der Waals surface area contributed by atoms with Gasteiger partial charge in [0, 0.05) is 30.5 Å². The summed E-state index contributed by atoms with van der Waals surface area (Å²) in [6.45, 7) is -0.606. The third-order valence-corrected chi connectivity index (χ3v) is 6.71. The molecule has 1 unspecified atom stereocenters. The summed E-state index contributed by atoms with van der Waals surface area (Å²) < 4.78 is 51.0. The first kappa shape index (κ1) is 25.9. The van der Waals surface area contributed by atoms with Gasteiger partial charge < -0.3 is 20.1 Å². The molecule has 5 rings (SSSR count). The van der Waals surface area contributed by atoms with Crippen LogP contribution in [0, 0.1) is 12.7 Å². The fourth-order valence-corrected chi connectivity index (χ4v) is 4.88. The maximum atomic E-state index is 15.1. The maximum Gasteiger partial charge on any atom is 0.387 e. The molecule has 0 bridgehead atoms. The van der Waals surface area contributed by atoms with Crippen LogP contribution in [-0.4, -0.2) is 50.0 Å². The number of pyridine rings is 1. The molecule has 2 fully saturated rings. The number of hydrogen-bond acceptors (Lipinski definition) is 9. The van der Waals surface area contributed by atoms with E-state index in [4.69, 9.17) is 4.74 Å². The van der Waals surface area contributed by atoms with Gasteiger partial charge in [-0.3, -0.25) is 4.79 Å². The van der Waals surface area contributed by atoms with Crippen molar-refractivity contribution in [2.75, 3.05) is 17.2 Å². The Hall–Kier alpha value is -3.74. The number of hydrogen-bond donors (Lipinski definition) is 2. The van der Waals surface area contributed by atoms with E-state index in [1.54, 1.807) is 13.1 Å². The maximum absolute atomic E-state index is 15.1. The van der Waals surface area contributed by atoms with Crippen molar-refractivity contribution < 1.29 is 22.6 Å². The summed E-state index contributed by atoms with van der Waals surface area (Å²) in [5.41, 5.74) is 1.02. The van der Waals surface area contributed by atoms with E-state index in [2.05, 4.69) is 35.4 Å². The predicted octanol–water partition coefficient (Wildman–Crippen LogP) is 4.29. The number of ether oxygens (including phenoxy) is 2. The third-order valence-electron chi connectivity index (χ3n) is 6.71. The Kier molecular flexibility index (Phi) is 7.72. The minimum Gasteiger partial charge on any atom is -0.432 e. The van der Waals surface area contributed by atoms with Gasteiger partial charge in [0.05, 0.1) is 24.2 Å². The van der Waals surface area contributed by atoms with E-state index in [0.717, 1.165) is 25.7 Å². The average molecular weight is 532 g/mol. The lowest BCUT2D eigenvalue weighted by atomic mass is 10.1. The molecule has 3 atom stereocenters. The Morgan fingerprint density at radius 2 is 1.82 bits per heavy atom. The molecule has 3 aromatic rings. The highest BCUT2D eigenvalue weighted by Crippen LogP contribution is 2.28. The second-order valence-corrected chi connectivity index (χ2v) is 9.44. The van der Waals surface area contributed by atoms with Gasteiger partial charge >= 0.3 is 6.61 Å². The summed E-state index contributed by atoms with van der Waals surface area (Å²) >= 11 is 0. The van der Waals surface area contributed by atoms with Crippen molar-refractivity contribution in [3.8, 4) is 16.9 Å². The highest BCUT2D eigenvalue weighted by Gasteiger charge is 2.27. The molecule has 202 valence electrons. The van der Waals surface area contributed by atoms with E-state index in [9.17, 15) is 13.6 Å². The van der Waals surface area contributed by atoms with Gasteiger partial charge in [0.2, 0.25) is 5.95 Å². The lowest BCUT2D eigenvalue weighted by Gasteiger charge is -2.24. The van der Waals surface area contributed by atoms with Crippen molar-refractivity contribution in [2.24, 2.45) is 0 Å². The van der Waals surface area contributed by atoms with Gasteiger partial charge in [-0.25, -0.2) is 24.0 Å². The summed E-state index contributed by atoms with van der Waals surface area (Å²) in [5, 5.41) is 10.5. The highest BCUT2D eigenvalue weighted by atomic mass is 19.3. The van der Waals surface area contributed by atoms with Crippen molar-refractivity contribution in [2.45, 2.75) is 70.4 Å². The Labute approximate surface area is 216 Å². The lowest BCUT2D eigenvalue weighted by molar-refractivity contribution is -0.0503. The minimum absolute atomic E-state index is 0.0108. The third kappa shape index (κ3) is 5.87. The Morgan fingerprint density at radius 3 is 2.50 bits per heavy atom. The van der Waals surface area contributed by atoms with E-state index in [1.807, 2.05) is 0 Å². The molecule has 13 heteroatoms. The van der Waals surface area contributed by atoms with Gasteiger partial charge in [-0.1, -0.05) is 0 Å². The fourth-order valence-electron chi connectivity index (χ4n) is 4.88. The van der Waals surface area contributed by atoms with Crippen LogP contribution in [0.3, 0.4) is 0 Å². The largest absolute Gasteiger partial charge is 0.432 e. The van der Waals surface area contributed by atoms with Crippen LogP contribution in [-0.2, 0) is 4.74 Å². The van der Waals surface area contributed by atoms with Crippen molar-refractivity contribution in [1.82, 2.24) is 24.7 Å². The van der Waals surface area contributed by atoms with Crippen LogP contribution < -0.4 is 20.9 Å². The van der Waals surface area contributed by atoms with Crippen LogP contribution in [0.25, 0.3) is 11.1 Å². The Balaban J connectivity index is 1.24. The van der Waals surface area contributed by atoms with Gasteiger partial charge in [0.15, 0.2) is 23.6 Å². The van der Waals surface area contributed by atoms with Gasteiger partial charge in [-0.2, -0.15) is 13.9 Å². The molecule has 1 saturated carbocycles. The van der Waals surface area contributed by atoms with E-state index >= 15 is 4.39 Å². The molecular weight excluding hydrogens is 503 g/mol. The number of nitrogens with zero attached hydrogens (tertiary/aromatic N) is 5. The van der Waals surface area contributed by atoms with Crippen LogP contribution in [0.2, 0.25) is 0 Å². The molecular formula is C25H28F3N7O3. The van der Waals surface area contributed by atoms with E-state index in [1.165, 1.54) is 29.3 Å². The van der Waals surface area contributed by atoms with Crippen LogP contribution in [0.15, 0.2) is 35.6 Å². The SMILES string of the molecule is Cc1cnn(C2CCCCO2)c(=O)c1-c1cnc(N[C@H]2CC[C@H](Nc3ncc(OC(F)F)cn3)C2)c(F)c1. The first-order chi connectivity index (χ1) is 18.4. The van der Waals surface area contributed by atoms with Crippen molar-refractivity contribution in [3.05, 3.63) is 52.6 Å². The standard InChI is InChI=1S/C25H28F3N7O3/c1-14-10-32-35(20-4-2-3-7-37-20)23(36)21(14)15-8-19(26)22(29-11-15)33-16-5-6-17(9-16)34-25-30-12-18(13-31-25)38-24(27)28/h8,10-13,16-17,20,24H,2-7,9H2,1H3,(H,29,33)(H,30,31,34)/t16-,17-,20?/m0/s1. The van der Waals surface area contributed by atoms with E-state index < -0.39 is 18.7 Å². The Morgan fingerprint density at radius 1 is 1.05 bits per heavy atom. The summed E-state index contributed by atoms with van der Waals surface area (Å²) in [7, 11) is 0. The number of nitrogens with one attached hydrogen (secondary N) is 2. The summed E-state index contributed by atoms with van der Waals surface area (Å²) in [6.07, 6.45) is 9.78. The second kappa shape index (κ2) is 11.3. The monoisotopic (exact) mass is 531 g/mol. The van der Waals surface area contributed by atoms with Crippen molar-refractivity contribution in [1.29, 1.82) is 0 Å². The average Bonchev–Trinajstić information content (AvgIpc) is 3.34. The zero-order chi connectivity index (χ0) is 26.6. The minimum atomic E-state index is -2.94. The topological polar surface area (TPSA) is 116 Å². The fraction of sp³-hybridized carbons (Fsp3) is 0.480.